The quantitative estimate of drug-likeness (QED) is 0.510. The molecule has 0 amide bonds. The molecule has 0 aliphatic rings. The number of terminal acetylenes is 1. The summed E-state index contributed by atoms with van der Waals surface area (Å²) in [5.41, 5.74) is 0.924. The molecule has 0 heterocycles. The third-order valence-corrected chi connectivity index (χ3v) is 3.41. The van der Waals surface area contributed by atoms with Crippen molar-refractivity contribution in [3.8, 4) is 12.3 Å². The summed E-state index contributed by atoms with van der Waals surface area (Å²) in [5.74, 6) is 2.57. The van der Waals surface area contributed by atoms with Crippen LogP contribution in [0.3, 0.4) is 0 Å². The van der Waals surface area contributed by atoms with Crippen molar-refractivity contribution >= 4 is 38.5 Å². The number of benzene rings is 1. The SMILES string of the molecule is C#Cc1ccc(Br)c(I)c1. The van der Waals surface area contributed by atoms with Crippen molar-refractivity contribution in [2.24, 2.45) is 0 Å². The van der Waals surface area contributed by atoms with E-state index >= 15 is 0 Å². The maximum atomic E-state index is 5.20. The number of rotatable bonds is 0. The van der Waals surface area contributed by atoms with E-state index in [2.05, 4.69) is 44.4 Å². The molecule has 2 heteroatoms. The van der Waals surface area contributed by atoms with Crippen LogP contribution < -0.4 is 0 Å². The first-order valence-electron chi connectivity index (χ1n) is 2.65. The molecule has 0 fully saturated rings. The van der Waals surface area contributed by atoms with E-state index in [-0.39, 0.29) is 0 Å². The zero-order valence-electron chi connectivity index (χ0n) is 5.07. The number of hydrogen-bond donors (Lipinski definition) is 0. The van der Waals surface area contributed by atoms with Crippen LogP contribution in [0.1, 0.15) is 5.56 Å². The van der Waals surface area contributed by atoms with Gasteiger partial charge in [-0.2, -0.15) is 0 Å². The topological polar surface area (TPSA) is 0 Å². The van der Waals surface area contributed by atoms with Crippen molar-refractivity contribution in [1.29, 1.82) is 0 Å². The Balaban J connectivity index is 3.20. The highest BCUT2D eigenvalue weighted by Gasteiger charge is 1.94. The Morgan fingerprint density at radius 2 is 2.20 bits per heavy atom. The monoisotopic (exact) mass is 306 g/mol. The zero-order valence-corrected chi connectivity index (χ0v) is 8.81. The standard InChI is InChI=1S/C8H4BrI/c1-2-6-3-4-7(9)8(10)5-6/h1,3-5H. The summed E-state index contributed by atoms with van der Waals surface area (Å²) in [7, 11) is 0. The first-order valence-corrected chi connectivity index (χ1v) is 4.53. The zero-order chi connectivity index (χ0) is 7.56. The fourth-order valence-corrected chi connectivity index (χ4v) is 1.35. The molecule has 0 unspecified atom stereocenters. The minimum atomic E-state index is 0.924. The van der Waals surface area contributed by atoms with Crippen LogP contribution >= 0.6 is 38.5 Å². The van der Waals surface area contributed by atoms with E-state index in [0.29, 0.717) is 0 Å². The molecule has 0 bridgehead atoms. The molecule has 0 spiro atoms. The van der Waals surface area contributed by atoms with Gasteiger partial charge in [-0.05, 0) is 56.7 Å². The van der Waals surface area contributed by atoms with E-state index in [1.165, 1.54) is 0 Å². The Hall–Kier alpha value is -0.0100. The van der Waals surface area contributed by atoms with Gasteiger partial charge in [0.15, 0.2) is 0 Å². The third-order valence-electron chi connectivity index (χ3n) is 1.09. The van der Waals surface area contributed by atoms with Gasteiger partial charge in [-0.25, -0.2) is 0 Å². The molecule has 10 heavy (non-hydrogen) atoms. The summed E-state index contributed by atoms with van der Waals surface area (Å²) in [5, 5.41) is 0. The van der Waals surface area contributed by atoms with Gasteiger partial charge in [-0.15, -0.1) is 6.42 Å². The second-order valence-electron chi connectivity index (χ2n) is 1.77. The van der Waals surface area contributed by atoms with Gasteiger partial charge in [-0.3, -0.25) is 0 Å². The molecule has 1 aromatic rings. The van der Waals surface area contributed by atoms with Crippen molar-refractivity contribution in [3.63, 3.8) is 0 Å². The molecule has 0 saturated carbocycles. The van der Waals surface area contributed by atoms with Crippen LogP contribution in [0.2, 0.25) is 0 Å². The average molecular weight is 307 g/mol. The first kappa shape index (κ1) is 8.09. The molecule has 50 valence electrons. The maximum absolute atomic E-state index is 5.20. The summed E-state index contributed by atoms with van der Waals surface area (Å²) in [6.07, 6.45) is 5.20. The highest BCUT2D eigenvalue weighted by Crippen LogP contribution is 2.19. The Morgan fingerprint density at radius 1 is 1.50 bits per heavy atom. The predicted octanol–water partition coefficient (Wildman–Crippen LogP) is 3.04. The first-order chi connectivity index (χ1) is 4.74. The van der Waals surface area contributed by atoms with Crippen LogP contribution in [-0.2, 0) is 0 Å². The molecule has 1 aromatic carbocycles. The van der Waals surface area contributed by atoms with Gasteiger partial charge < -0.3 is 0 Å². The highest BCUT2D eigenvalue weighted by molar-refractivity contribution is 14.1. The molecular formula is C8H4BrI. The van der Waals surface area contributed by atoms with Crippen molar-refractivity contribution < 1.29 is 0 Å². The molecule has 0 aromatic heterocycles. The van der Waals surface area contributed by atoms with Crippen LogP contribution in [0.15, 0.2) is 22.7 Å². The van der Waals surface area contributed by atoms with E-state index in [0.717, 1.165) is 13.6 Å². The summed E-state index contributed by atoms with van der Waals surface area (Å²) >= 11 is 5.61. The van der Waals surface area contributed by atoms with E-state index in [4.69, 9.17) is 6.42 Å². The molecular weight excluding hydrogens is 303 g/mol. The lowest BCUT2D eigenvalue weighted by Gasteiger charge is -1.94. The predicted molar refractivity (Wildman–Crippen MR) is 54.8 cm³/mol. The van der Waals surface area contributed by atoms with Crippen LogP contribution in [0.4, 0.5) is 0 Å². The molecule has 0 aliphatic heterocycles. The second-order valence-corrected chi connectivity index (χ2v) is 3.79. The summed E-state index contributed by atoms with van der Waals surface area (Å²) in [4.78, 5) is 0. The van der Waals surface area contributed by atoms with Gasteiger partial charge in [0.1, 0.15) is 0 Å². The van der Waals surface area contributed by atoms with Crippen LogP contribution in [0, 0.1) is 15.9 Å². The van der Waals surface area contributed by atoms with Crippen molar-refractivity contribution in [2.75, 3.05) is 0 Å². The molecule has 0 atom stereocenters. The normalized spacial score (nSPS) is 8.90. The van der Waals surface area contributed by atoms with Crippen LogP contribution in [0.5, 0.6) is 0 Å². The molecule has 0 radical (unpaired) electrons. The second kappa shape index (κ2) is 3.40. The molecule has 0 saturated heterocycles. The molecule has 0 nitrogen and oxygen atoms in total. The minimum Gasteiger partial charge on any atom is -0.115 e. The number of hydrogen-bond acceptors (Lipinski definition) is 0. The van der Waals surface area contributed by atoms with E-state index in [9.17, 15) is 0 Å². The minimum absolute atomic E-state index is 0.924. The average Bonchev–Trinajstić information content (AvgIpc) is 1.95. The van der Waals surface area contributed by atoms with Gasteiger partial charge in [-0.1, -0.05) is 5.92 Å². The lowest BCUT2D eigenvalue weighted by molar-refractivity contribution is 1.55. The Labute approximate surface area is 82.3 Å². The fraction of sp³-hybridized carbons (Fsp3) is 0. The number of halogens is 2. The van der Waals surface area contributed by atoms with Crippen LogP contribution in [0.25, 0.3) is 0 Å². The smallest absolute Gasteiger partial charge is 0.0309 e. The largest absolute Gasteiger partial charge is 0.115 e. The Kier molecular flexibility index (Phi) is 2.75. The third kappa shape index (κ3) is 1.74. The molecule has 0 aliphatic carbocycles. The fourth-order valence-electron chi connectivity index (χ4n) is 0.586. The lowest BCUT2D eigenvalue weighted by atomic mass is 10.2. The van der Waals surface area contributed by atoms with E-state index in [1.807, 2.05) is 18.2 Å². The summed E-state index contributed by atoms with van der Waals surface area (Å²) in [6, 6.07) is 5.83. The van der Waals surface area contributed by atoms with Crippen molar-refractivity contribution in [2.45, 2.75) is 0 Å². The van der Waals surface area contributed by atoms with Gasteiger partial charge in [0.25, 0.3) is 0 Å². The molecule has 0 N–H and O–H groups in total. The van der Waals surface area contributed by atoms with Gasteiger partial charge in [0.2, 0.25) is 0 Å². The summed E-state index contributed by atoms with van der Waals surface area (Å²) in [6.45, 7) is 0. The van der Waals surface area contributed by atoms with E-state index in [1.54, 1.807) is 0 Å². The van der Waals surface area contributed by atoms with Crippen molar-refractivity contribution in [1.82, 2.24) is 0 Å². The van der Waals surface area contributed by atoms with E-state index < -0.39 is 0 Å². The Bertz CT molecular complexity index is 286. The van der Waals surface area contributed by atoms with Crippen LogP contribution in [-0.4, -0.2) is 0 Å². The van der Waals surface area contributed by atoms with Gasteiger partial charge >= 0.3 is 0 Å². The molecule has 1 rings (SSSR count). The summed E-state index contributed by atoms with van der Waals surface area (Å²) < 4.78 is 2.24. The lowest BCUT2D eigenvalue weighted by Crippen LogP contribution is -1.77. The van der Waals surface area contributed by atoms with Crippen molar-refractivity contribution in [3.05, 3.63) is 31.8 Å². The Morgan fingerprint density at radius 3 is 2.70 bits per heavy atom. The maximum Gasteiger partial charge on any atom is 0.0309 e. The van der Waals surface area contributed by atoms with Gasteiger partial charge in [0.05, 0.1) is 0 Å². The highest BCUT2D eigenvalue weighted by atomic mass is 127. The van der Waals surface area contributed by atoms with Gasteiger partial charge in [0, 0.05) is 13.6 Å².